The number of carbonyl (C=O) groups excluding carboxylic acids is 1. The summed E-state index contributed by atoms with van der Waals surface area (Å²) in [5.74, 6) is -0.243. The molecule has 2 saturated heterocycles. The minimum Gasteiger partial charge on any atom is -0.339 e. The lowest BCUT2D eigenvalue weighted by Gasteiger charge is -2.40. The Hall–Kier alpha value is -2.76. The second-order valence-corrected chi connectivity index (χ2v) is 7.22. The molecule has 30 heavy (non-hydrogen) atoms. The first-order valence-electron chi connectivity index (χ1n) is 9.65. The lowest BCUT2D eigenvalue weighted by atomic mass is 10.0. The van der Waals surface area contributed by atoms with E-state index in [0.717, 1.165) is 19.2 Å². The first-order valence-corrected chi connectivity index (χ1v) is 9.65. The Morgan fingerprint density at radius 3 is 2.57 bits per heavy atom. The van der Waals surface area contributed by atoms with Gasteiger partial charge in [0, 0.05) is 44.5 Å². The first kappa shape index (κ1) is 20.5. The fraction of sp³-hybridized carbons (Fsp3) is 0.556. The van der Waals surface area contributed by atoms with Gasteiger partial charge in [-0.2, -0.15) is 5.10 Å². The van der Waals surface area contributed by atoms with Gasteiger partial charge in [0.15, 0.2) is 0 Å². The summed E-state index contributed by atoms with van der Waals surface area (Å²) in [6.45, 7) is 2.97. The molecule has 2 aliphatic rings. The maximum atomic E-state index is 13.3. The van der Waals surface area contributed by atoms with Crippen molar-refractivity contribution in [2.24, 2.45) is 0 Å². The predicted octanol–water partition coefficient (Wildman–Crippen LogP) is 1.55. The molecule has 8 nitrogen and oxygen atoms in total. The van der Waals surface area contributed by atoms with Gasteiger partial charge in [-0.25, -0.2) is 27.5 Å². The third-order valence-electron chi connectivity index (χ3n) is 5.27. The van der Waals surface area contributed by atoms with E-state index in [-0.39, 0.29) is 37.1 Å². The average Bonchev–Trinajstić information content (AvgIpc) is 3.15. The Kier molecular flexibility index (Phi) is 5.84. The van der Waals surface area contributed by atoms with Gasteiger partial charge >= 0.3 is 0 Å². The zero-order valence-corrected chi connectivity index (χ0v) is 16.0. The van der Waals surface area contributed by atoms with Gasteiger partial charge in [-0.3, -0.25) is 9.48 Å². The van der Waals surface area contributed by atoms with Crippen molar-refractivity contribution in [3.8, 4) is 11.3 Å². The van der Waals surface area contributed by atoms with E-state index in [2.05, 4.69) is 20.4 Å². The number of anilines is 1. The summed E-state index contributed by atoms with van der Waals surface area (Å²) < 4.78 is 54.2. The number of alkyl halides is 4. The molecule has 2 fully saturated rings. The molecule has 2 aromatic heterocycles. The van der Waals surface area contributed by atoms with Crippen LogP contribution in [0.2, 0.25) is 0 Å². The highest BCUT2D eigenvalue weighted by Crippen LogP contribution is 2.31. The number of hydrogen-bond acceptors (Lipinski definition) is 6. The van der Waals surface area contributed by atoms with Gasteiger partial charge in [0.2, 0.25) is 11.9 Å². The number of aromatic nitrogens is 4. The van der Waals surface area contributed by atoms with Crippen LogP contribution >= 0.6 is 0 Å². The largest absolute Gasteiger partial charge is 0.339 e. The topological polar surface area (TPSA) is 79.2 Å². The zero-order chi connectivity index (χ0) is 21.3. The van der Waals surface area contributed by atoms with Crippen LogP contribution < -0.4 is 10.2 Å². The summed E-state index contributed by atoms with van der Waals surface area (Å²) in [6, 6.07) is 0.0373. The highest BCUT2D eigenvalue weighted by Gasteiger charge is 2.37. The Balaban J connectivity index is 1.55. The summed E-state index contributed by atoms with van der Waals surface area (Å²) >= 11 is 0. The molecular formula is C18H21F4N7O. The van der Waals surface area contributed by atoms with Gasteiger partial charge < -0.3 is 15.1 Å². The Morgan fingerprint density at radius 2 is 1.93 bits per heavy atom. The minimum absolute atomic E-state index is 0.0131. The Labute approximate surface area is 169 Å². The van der Waals surface area contributed by atoms with Crippen LogP contribution in [0.15, 0.2) is 18.5 Å². The number of hydrogen-bond donors (Lipinski definition) is 1. The van der Waals surface area contributed by atoms with Gasteiger partial charge in [0.1, 0.15) is 12.2 Å². The maximum absolute atomic E-state index is 13.3. The molecule has 2 aromatic rings. The summed E-state index contributed by atoms with van der Waals surface area (Å²) in [5.41, 5.74) is 0.0124. The molecule has 4 rings (SSSR count). The van der Waals surface area contributed by atoms with Crippen molar-refractivity contribution in [2.75, 3.05) is 37.6 Å². The van der Waals surface area contributed by atoms with E-state index in [0.29, 0.717) is 18.7 Å². The van der Waals surface area contributed by atoms with E-state index < -0.39 is 24.6 Å². The third kappa shape index (κ3) is 4.23. The molecule has 2 aliphatic heterocycles. The number of nitrogens with zero attached hydrogens (tertiary/aromatic N) is 6. The highest BCUT2D eigenvalue weighted by molar-refractivity contribution is 5.76. The van der Waals surface area contributed by atoms with Crippen LogP contribution in [0.1, 0.15) is 18.5 Å². The second kappa shape index (κ2) is 8.54. The summed E-state index contributed by atoms with van der Waals surface area (Å²) in [7, 11) is 0. The number of carbonyl (C=O) groups is 1. The lowest BCUT2D eigenvalue weighted by Crippen LogP contribution is -2.52. The molecule has 0 saturated carbocycles. The fourth-order valence-electron chi connectivity index (χ4n) is 3.49. The van der Waals surface area contributed by atoms with Crippen LogP contribution in [-0.2, 0) is 11.3 Å². The number of nitrogens with one attached hydrogen (secondary N) is 1. The van der Waals surface area contributed by atoms with Crippen LogP contribution in [0.25, 0.3) is 11.3 Å². The van der Waals surface area contributed by atoms with E-state index >= 15 is 0 Å². The van der Waals surface area contributed by atoms with E-state index in [1.165, 1.54) is 22.0 Å². The van der Waals surface area contributed by atoms with Crippen LogP contribution in [-0.4, -0.2) is 75.7 Å². The van der Waals surface area contributed by atoms with E-state index in [1.54, 1.807) is 4.90 Å². The SMILES string of the molecule is O=C(Cn1cc(-c2cc(C(F)F)nc(N3CC[C@@H]3C(F)F)n2)cn1)N1CCNCC1. The molecule has 0 aromatic carbocycles. The number of halogens is 4. The number of rotatable bonds is 6. The third-order valence-corrected chi connectivity index (χ3v) is 5.27. The van der Waals surface area contributed by atoms with Crippen molar-refractivity contribution in [3.05, 3.63) is 24.2 Å². The molecule has 1 amide bonds. The molecule has 0 unspecified atom stereocenters. The van der Waals surface area contributed by atoms with Crippen molar-refractivity contribution in [1.29, 1.82) is 0 Å². The maximum Gasteiger partial charge on any atom is 0.280 e. The molecule has 0 bridgehead atoms. The minimum atomic E-state index is -2.87. The fourth-order valence-corrected chi connectivity index (χ4v) is 3.49. The van der Waals surface area contributed by atoms with Gasteiger partial charge in [-0.1, -0.05) is 0 Å². The standard InChI is InChI=1S/C18H21F4N7O/c19-16(20)13-7-12(25-18(26-13)29-4-1-14(29)17(21)22)11-8-24-28(9-11)10-15(30)27-5-2-23-3-6-27/h7-9,14,16-17,23H,1-6,10H2/t14-/m1/s1. The molecule has 0 spiro atoms. The smallest absolute Gasteiger partial charge is 0.280 e. The summed E-state index contributed by atoms with van der Waals surface area (Å²) in [6.07, 6.45) is -2.29. The van der Waals surface area contributed by atoms with Crippen LogP contribution in [0.4, 0.5) is 23.5 Å². The van der Waals surface area contributed by atoms with Gasteiger partial charge in [-0.05, 0) is 12.5 Å². The van der Waals surface area contributed by atoms with Gasteiger partial charge in [0.25, 0.3) is 12.9 Å². The first-order chi connectivity index (χ1) is 14.4. The number of amides is 1. The Morgan fingerprint density at radius 1 is 1.17 bits per heavy atom. The quantitative estimate of drug-likeness (QED) is 0.705. The molecule has 12 heteroatoms. The van der Waals surface area contributed by atoms with Gasteiger partial charge in [0.05, 0.1) is 17.9 Å². The van der Waals surface area contributed by atoms with Gasteiger partial charge in [-0.15, -0.1) is 0 Å². The zero-order valence-electron chi connectivity index (χ0n) is 16.0. The van der Waals surface area contributed by atoms with Crippen molar-refractivity contribution < 1.29 is 22.4 Å². The van der Waals surface area contributed by atoms with Crippen molar-refractivity contribution in [1.82, 2.24) is 30.0 Å². The monoisotopic (exact) mass is 427 g/mol. The Bertz CT molecular complexity index is 900. The molecule has 0 radical (unpaired) electrons. The van der Waals surface area contributed by atoms with E-state index in [9.17, 15) is 22.4 Å². The van der Waals surface area contributed by atoms with E-state index in [1.807, 2.05) is 0 Å². The number of piperazine rings is 1. The molecule has 1 N–H and O–H groups in total. The second-order valence-electron chi connectivity index (χ2n) is 7.22. The lowest BCUT2D eigenvalue weighted by molar-refractivity contribution is -0.132. The van der Waals surface area contributed by atoms with Crippen molar-refractivity contribution in [3.63, 3.8) is 0 Å². The molecule has 162 valence electrons. The molecule has 4 heterocycles. The molecule has 1 atom stereocenters. The molecular weight excluding hydrogens is 406 g/mol. The summed E-state index contributed by atoms with van der Waals surface area (Å²) in [4.78, 5) is 23.3. The summed E-state index contributed by atoms with van der Waals surface area (Å²) in [5, 5.41) is 7.29. The van der Waals surface area contributed by atoms with Crippen LogP contribution in [0.3, 0.4) is 0 Å². The van der Waals surface area contributed by atoms with E-state index in [4.69, 9.17) is 0 Å². The highest BCUT2D eigenvalue weighted by atomic mass is 19.3. The molecule has 0 aliphatic carbocycles. The van der Waals surface area contributed by atoms with Crippen LogP contribution in [0.5, 0.6) is 0 Å². The van der Waals surface area contributed by atoms with Crippen molar-refractivity contribution in [2.45, 2.75) is 31.9 Å². The normalized spacial score (nSPS) is 19.5. The average molecular weight is 427 g/mol. The predicted molar refractivity (Wildman–Crippen MR) is 99.4 cm³/mol. The van der Waals surface area contributed by atoms with Crippen molar-refractivity contribution >= 4 is 11.9 Å². The van der Waals surface area contributed by atoms with Crippen LogP contribution in [0, 0.1) is 0 Å².